The zero-order valence-electron chi connectivity index (χ0n) is 16.0. The molecule has 26 heavy (non-hydrogen) atoms. The van der Waals surface area contributed by atoms with Gasteiger partial charge in [0.2, 0.25) is 5.75 Å². The van der Waals surface area contributed by atoms with Crippen molar-refractivity contribution in [2.45, 2.75) is 64.6 Å². The summed E-state index contributed by atoms with van der Waals surface area (Å²) in [4.78, 5) is 12.8. The Morgan fingerprint density at radius 2 is 1.54 bits per heavy atom. The molecule has 2 heterocycles. The summed E-state index contributed by atoms with van der Waals surface area (Å²) in [5.74, 6) is 1.58. The zero-order chi connectivity index (χ0) is 18.5. The topological polar surface area (TPSA) is 68.8 Å². The van der Waals surface area contributed by atoms with E-state index in [2.05, 4.69) is 10.6 Å². The summed E-state index contributed by atoms with van der Waals surface area (Å²) >= 11 is 0. The van der Waals surface area contributed by atoms with Gasteiger partial charge in [0.15, 0.2) is 11.5 Å². The van der Waals surface area contributed by atoms with Gasteiger partial charge in [0.25, 0.3) is 5.91 Å². The second kappa shape index (κ2) is 8.62. The molecule has 0 spiro atoms. The van der Waals surface area contributed by atoms with Crippen LogP contribution in [0.5, 0.6) is 17.2 Å². The third-order valence-electron chi connectivity index (χ3n) is 4.98. The Morgan fingerprint density at radius 1 is 1.00 bits per heavy atom. The summed E-state index contributed by atoms with van der Waals surface area (Å²) < 4.78 is 17.1. The van der Waals surface area contributed by atoms with Crippen LogP contribution in [0.15, 0.2) is 12.1 Å². The number of benzene rings is 1. The Balaban J connectivity index is 1.79. The van der Waals surface area contributed by atoms with Gasteiger partial charge in [-0.15, -0.1) is 0 Å². The fraction of sp³-hybridized carbons (Fsp3) is 0.650. The molecule has 1 aromatic carbocycles. The van der Waals surface area contributed by atoms with Crippen LogP contribution in [0, 0.1) is 0 Å². The Labute approximate surface area is 155 Å². The van der Waals surface area contributed by atoms with Crippen LogP contribution in [0.2, 0.25) is 0 Å². The van der Waals surface area contributed by atoms with Crippen LogP contribution in [0.25, 0.3) is 0 Å². The van der Waals surface area contributed by atoms with Crippen LogP contribution < -0.4 is 24.8 Å². The lowest BCUT2D eigenvalue weighted by Gasteiger charge is -2.29. The number of hydrogen-bond acceptors (Lipinski definition) is 5. The molecule has 2 unspecified atom stereocenters. The minimum atomic E-state index is -0.0822. The van der Waals surface area contributed by atoms with Gasteiger partial charge in [-0.2, -0.15) is 0 Å². The van der Waals surface area contributed by atoms with Gasteiger partial charge in [0.1, 0.15) is 0 Å². The molecule has 2 N–H and O–H groups in total. The standard InChI is InChI=1S/C20H30N2O4/c1-4-24-17-9-13(10-18(25-5-2)19(17)26-6-3)20(23)22-16-11-14-7-8-15(12-16)21-14/h9-10,14-16,21H,4-8,11-12H2,1-3H3,(H,22,23). The predicted molar refractivity (Wildman–Crippen MR) is 100 cm³/mol. The highest BCUT2D eigenvalue weighted by atomic mass is 16.5. The molecule has 1 amide bonds. The van der Waals surface area contributed by atoms with Crippen LogP contribution in [-0.4, -0.2) is 43.9 Å². The highest BCUT2D eigenvalue weighted by Crippen LogP contribution is 2.39. The highest BCUT2D eigenvalue weighted by molar-refractivity contribution is 5.95. The Morgan fingerprint density at radius 3 is 2.04 bits per heavy atom. The van der Waals surface area contributed by atoms with Crippen molar-refractivity contribution in [3.8, 4) is 17.2 Å². The predicted octanol–water partition coefficient (Wildman–Crippen LogP) is 2.90. The summed E-state index contributed by atoms with van der Waals surface area (Å²) in [5.41, 5.74) is 0.547. The number of piperidine rings is 1. The second-order valence-corrected chi connectivity index (χ2v) is 6.88. The first-order valence-electron chi connectivity index (χ1n) is 9.77. The molecule has 0 saturated carbocycles. The third-order valence-corrected chi connectivity index (χ3v) is 4.98. The first kappa shape index (κ1) is 18.8. The quantitative estimate of drug-likeness (QED) is 0.744. The molecule has 0 aromatic heterocycles. The first-order valence-corrected chi connectivity index (χ1v) is 9.77. The number of fused-ring (bicyclic) bond motifs is 2. The molecule has 3 rings (SSSR count). The lowest BCUT2D eigenvalue weighted by Crippen LogP contribution is -2.48. The van der Waals surface area contributed by atoms with Crippen molar-refractivity contribution in [3.63, 3.8) is 0 Å². The molecule has 0 aliphatic carbocycles. The zero-order valence-corrected chi connectivity index (χ0v) is 16.0. The molecule has 2 atom stereocenters. The van der Waals surface area contributed by atoms with Crippen molar-refractivity contribution in [3.05, 3.63) is 17.7 Å². The van der Waals surface area contributed by atoms with E-state index in [4.69, 9.17) is 14.2 Å². The van der Waals surface area contributed by atoms with Crippen LogP contribution in [-0.2, 0) is 0 Å². The average Bonchev–Trinajstić information content (AvgIpc) is 2.96. The SMILES string of the molecule is CCOc1cc(C(=O)NC2CC3CCC(C2)N3)cc(OCC)c1OCC. The van der Waals surface area contributed by atoms with Crippen molar-refractivity contribution < 1.29 is 19.0 Å². The normalized spacial score (nSPS) is 24.2. The summed E-state index contributed by atoms with van der Waals surface area (Å²) in [6, 6.07) is 4.80. The monoisotopic (exact) mass is 362 g/mol. The second-order valence-electron chi connectivity index (χ2n) is 6.88. The summed E-state index contributed by atoms with van der Waals surface area (Å²) in [5, 5.41) is 6.79. The van der Waals surface area contributed by atoms with E-state index >= 15 is 0 Å². The number of amides is 1. The van der Waals surface area contributed by atoms with Gasteiger partial charge >= 0.3 is 0 Å². The van der Waals surface area contributed by atoms with E-state index in [1.54, 1.807) is 12.1 Å². The van der Waals surface area contributed by atoms with Gasteiger partial charge in [-0.25, -0.2) is 0 Å². The molecule has 0 radical (unpaired) electrons. The molecule has 2 fully saturated rings. The number of rotatable bonds is 8. The molecule has 6 nitrogen and oxygen atoms in total. The van der Waals surface area contributed by atoms with Crippen molar-refractivity contribution in [2.75, 3.05) is 19.8 Å². The maximum atomic E-state index is 12.8. The molecule has 2 bridgehead atoms. The van der Waals surface area contributed by atoms with Crippen LogP contribution >= 0.6 is 0 Å². The van der Waals surface area contributed by atoms with E-state index in [0.717, 1.165) is 12.8 Å². The minimum Gasteiger partial charge on any atom is -0.490 e. The lowest BCUT2D eigenvalue weighted by molar-refractivity contribution is 0.0923. The van der Waals surface area contributed by atoms with Crippen LogP contribution in [0.1, 0.15) is 56.8 Å². The van der Waals surface area contributed by atoms with E-state index in [-0.39, 0.29) is 11.9 Å². The first-order chi connectivity index (χ1) is 12.6. The maximum absolute atomic E-state index is 12.8. The molecule has 2 aliphatic heterocycles. The molecular formula is C20H30N2O4. The van der Waals surface area contributed by atoms with Gasteiger partial charge in [-0.05, 0) is 58.6 Å². The van der Waals surface area contributed by atoms with Gasteiger partial charge in [-0.3, -0.25) is 4.79 Å². The van der Waals surface area contributed by atoms with E-state index in [0.29, 0.717) is 54.7 Å². The van der Waals surface area contributed by atoms with E-state index in [1.807, 2.05) is 20.8 Å². The minimum absolute atomic E-state index is 0.0822. The van der Waals surface area contributed by atoms with Gasteiger partial charge in [0.05, 0.1) is 19.8 Å². The molecule has 144 valence electrons. The van der Waals surface area contributed by atoms with Crippen LogP contribution in [0.3, 0.4) is 0 Å². The van der Waals surface area contributed by atoms with Crippen molar-refractivity contribution in [1.29, 1.82) is 0 Å². The van der Waals surface area contributed by atoms with E-state index < -0.39 is 0 Å². The number of hydrogen-bond donors (Lipinski definition) is 2. The molecular weight excluding hydrogens is 332 g/mol. The van der Waals surface area contributed by atoms with Gasteiger partial charge in [-0.1, -0.05) is 0 Å². The van der Waals surface area contributed by atoms with Gasteiger partial charge in [0, 0.05) is 23.7 Å². The summed E-state index contributed by atoms with van der Waals surface area (Å²) in [6.45, 7) is 7.23. The Kier molecular flexibility index (Phi) is 6.25. The largest absolute Gasteiger partial charge is 0.490 e. The van der Waals surface area contributed by atoms with Crippen LogP contribution in [0.4, 0.5) is 0 Å². The molecule has 1 aromatic rings. The smallest absolute Gasteiger partial charge is 0.251 e. The van der Waals surface area contributed by atoms with E-state index in [1.165, 1.54) is 12.8 Å². The number of nitrogens with one attached hydrogen (secondary N) is 2. The van der Waals surface area contributed by atoms with Crippen molar-refractivity contribution in [2.24, 2.45) is 0 Å². The maximum Gasteiger partial charge on any atom is 0.251 e. The van der Waals surface area contributed by atoms with Crippen molar-refractivity contribution >= 4 is 5.91 Å². The summed E-state index contributed by atoms with van der Waals surface area (Å²) in [7, 11) is 0. The lowest BCUT2D eigenvalue weighted by atomic mass is 9.99. The highest BCUT2D eigenvalue weighted by Gasteiger charge is 2.34. The number of ether oxygens (including phenoxy) is 3. The fourth-order valence-corrected chi connectivity index (χ4v) is 3.96. The van der Waals surface area contributed by atoms with E-state index in [9.17, 15) is 4.79 Å². The third kappa shape index (κ3) is 4.23. The average molecular weight is 362 g/mol. The fourth-order valence-electron chi connectivity index (χ4n) is 3.96. The van der Waals surface area contributed by atoms with Crippen molar-refractivity contribution in [1.82, 2.24) is 10.6 Å². The van der Waals surface area contributed by atoms with Gasteiger partial charge < -0.3 is 24.8 Å². The molecule has 6 heteroatoms. The Bertz CT molecular complexity index is 595. The molecule has 2 saturated heterocycles. The Hall–Kier alpha value is -1.95. The molecule has 2 aliphatic rings. The number of carbonyl (C=O) groups is 1. The summed E-state index contributed by atoms with van der Waals surface area (Å²) in [6.07, 6.45) is 4.41. The number of carbonyl (C=O) groups excluding carboxylic acids is 1.